The average molecular weight is 354 g/mol. The number of hydrogen-bond acceptors (Lipinski definition) is 3. The highest BCUT2D eigenvalue weighted by Gasteiger charge is 2.29. The zero-order valence-electron chi connectivity index (χ0n) is 9.64. The number of piperidine rings is 1. The van der Waals surface area contributed by atoms with E-state index in [4.69, 9.17) is 17.3 Å². The molecule has 0 radical (unpaired) electrons. The molecule has 7 heteroatoms. The molecule has 1 unspecified atom stereocenters. The molecule has 2 rings (SSSR count). The first-order valence-corrected chi connectivity index (χ1v) is 8.23. The molecule has 4 nitrogen and oxygen atoms in total. The second-order valence-corrected chi connectivity index (χ2v) is 7.54. The highest BCUT2D eigenvalue weighted by atomic mass is 79.9. The normalized spacial score (nSPS) is 22.1. The quantitative estimate of drug-likeness (QED) is 0.886. The second-order valence-electron chi connectivity index (χ2n) is 4.34. The van der Waals surface area contributed by atoms with Crippen molar-refractivity contribution in [2.24, 2.45) is 5.73 Å². The summed E-state index contributed by atoms with van der Waals surface area (Å²) < 4.78 is 26.9. The summed E-state index contributed by atoms with van der Waals surface area (Å²) in [5.74, 6) is 0. The monoisotopic (exact) mass is 352 g/mol. The van der Waals surface area contributed by atoms with Crippen molar-refractivity contribution in [3.8, 4) is 0 Å². The van der Waals surface area contributed by atoms with Crippen LogP contribution in [0, 0.1) is 0 Å². The molecule has 2 N–H and O–H groups in total. The third-order valence-electron chi connectivity index (χ3n) is 2.95. The van der Waals surface area contributed by atoms with Gasteiger partial charge in [0, 0.05) is 23.6 Å². The lowest BCUT2D eigenvalue weighted by Gasteiger charge is -2.29. The van der Waals surface area contributed by atoms with Crippen molar-refractivity contribution in [2.45, 2.75) is 23.8 Å². The molecular formula is C11H14BrClN2O2S. The third-order valence-corrected chi connectivity index (χ3v) is 6.04. The van der Waals surface area contributed by atoms with Crippen LogP contribution in [-0.2, 0) is 10.0 Å². The number of hydrogen-bond donors (Lipinski definition) is 1. The summed E-state index contributed by atoms with van der Waals surface area (Å²) in [6.07, 6.45) is 1.66. The third kappa shape index (κ3) is 2.88. The van der Waals surface area contributed by atoms with Crippen molar-refractivity contribution in [2.75, 3.05) is 13.1 Å². The lowest BCUT2D eigenvalue weighted by atomic mass is 10.1. The van der Waals surface area contributed by atoms with E-state index < -0.39 is 10.0 Å². The van der Waals surface area contributed by atoms with Crippen LogP contribution in [0.2, 0.25) is 5.02 Å². The summed E-state index contributed by atoms with van der Waals surface area (Å²) in [6, 6.07) is 4.56. The van der Waals surface area contributed by atoms with Crippen molar-refractivity contribution < 1.29 is 8.42 Å². The zero-order valence-corrected chi connectivity index (χ0v) is 12.8. The second kappa shape index (κ2) is 5.46. The smallest absolute Gasteiger partial charge is 0.243 e. The van der Waals surface area contributed by atoms with Gasteiger partial charge in [-0.3, -0.25) is 0 Å². The van der Waals surface area contributed by atoms with E-state index in [0.29, 0.717) is 22.6 Å². The minimum absolute atomic E-state index is 0.0838. The van der Waals surface area contributed by atoms with Gasteiger partial charge in [0.25, 0.3) is 0 Å². The lowest BCUT2D eigenvalue weighted by Crippen LogP contribution is -2.45. The maximum atomic E-state index is 12.4. The van der Waals surface area contributed by atoms with Crippen LogP contribution < -0.4 is 5.73 Å². The van der Waals surface area contributed by atoms with Crippen molar-refractivity contribution in [1.82, 2.24) is 4.31 Å². The Bertz CT molecular complexity index is 550. The maximum absolute atomic E-state index is 12.4. The van der Waals surface area contributed by atoms with Crippen LogP contribution in [0.5, 0.6) is 0 Å². The van der Waals surface area contributed by atoms with Crippen molar-refractivity contribution >= 4 is 37.6 Å². The Morgan fingerprint density at radius 1 is 1.44 bits per heavy atom. The van der Waals surface area contributed by atoms with Crippen molar-refractivity contribution in [3.63, 3.8) is 0 Å². The van der Waals surface area contributed by atoms with E-state index in [1.54, 1.807) is 12.1 Å². The first-order valence-electron chi connectivity index (χ1n) is 5.62. The molecule has 1 saturated heterocycles. The molecule has 1 fully saturated rings. The van der Waals surface area contributed by atoms with E-state index >= 15 is 0 Å². The summed E-state index contributed by atoms with van der Waals surface area (Å²) in [5, 5.41) is 0.386. The summed E-state index contributed by atoms with van der Waals surface area (Å²) in [5.41, 5.74) is 5.81. The summed E-state index contributed by atoms with van der Waals surface area (Å²) >= 11 is 9.17. The summed E-state index contributed by atoms with van der Waals surface area (Å²) in [4.78, 5) is 0.213. The van der Waals surface area contributed by atoms with Crippen LogP contribution in [-0.4, -0.2) is 31.9 Å². The molecule has 1 heterocycles. The fraction of sp³-hybridized carbons (Fsp3) is 0.455. The van der Waals surface area contributed by atoms with Gasteiger partial charge in [0.15, 0.2) is 0 Å². The van der Waals surface area contributed by atoms with E-state index in [-0.39, 0.29) is 10.9 Å². The van der Waals surface area contributed by atoms with Gasteiger partial charge in [0.1, 0.15) is 0 Å². The largest absolute Gasteiger partial charge is 0.327 e. The van der Waals surface area contributed by atoms with Crippen LogP contribution in [0.25, 0.3) is 0 Å². The highest BCUT2D eigenvalue weighted by Crippen LogP contribution is 2.27. The SMILES string of the molecule is NC1CCCN(S(=O)(=O)c2ccc(Br)c(Cl)c2)C1. The minimum atomic E-state index is -3.49. The number of nitrogens with zero attached hydrogens (tertiary/aromatic N) is 1. The van der Waals surface area contributed by atoms with Crippen LogP contribution in [0.4, 0.5) is 0 Å². The highest BCUT2D eigenvalue weighted by molar-refractivity contribution is 9.10. The van der Waals surface area contributed by atoms with Crippen LogP contribution >= 0.6 is 27.5 Å². The van der Waals surface area contributed by atoms with Gasteiger partial charge in [-0.05, 0) is 47.0 Å². The lowest BCUT2D eigenvalue weighted by molar-refractivity contribution is 0.316. The molecule has 1 atom stereocenters. The Morgan fingerprint density at radius 2 is 2.17 bits per heavy atom. The first-order chi connectivity index (χ1) is 8.41. The molecule has 100 valence electrons. The van der Waals surface area contributed by atoms with Crippen molar-refractivity contribution in [1.29, 1.82) is 0 Å². The number of rotatable bonds is 2. The maximum Gasteiger partial charge on any atom is 0.243 e. The molecule has 18 heavy (non-hydrogen) atoms. The fourth-order valence-corrected chi connectivity index (χ4v) is 4.03. The molecule has 1 aliphatic heterocycles. The van der Waals surface area contributed by atoms with E-state index in [0.717, 1.165) is 12.8 Å². The van der Waals surface area contributed by atoms with Gasteiger partial charge < -0.3 is 5.73 Å². The number of benzene rings is 1. The van der Waals surface area contributed by atoms with E-state index in [1.165, 1.54) is 10.4 Å². The molecule has 0 saturated carbocycles. The Labute approximate surface area is 120 Å². The molecule has 0 aliphatic carbocycles. The van der Waals surface area contributed by atoms with Crippen LogP contribution in [0.15, 0.2) is 27.6 Å². The van der Waals surface area contributed by atoms with Gasteiger partial charge in [0.05, 0.1) is 9.92 Å². The predicted molar refractivity (Wildman–Crippen MR) is 75.1 cm³/mol. The Morgan fingerprint density at radius 3 is 2.78 bits per heavy atom. The predicted octanol–water partition coefficient (Wildman–Crippen LogP) is 2.21. The molecule has 1 aromatic rings. The molecule has 0 bridgehead atoms. The summed E-state index contributed by atoms with van der Waals surface area (Å²) in [7, 11) is -3.49. The Kier molecular flexibility index (Phi) is 4.33. The molecule has 0 amide bonds. The number of sulfonamides is 1. The molecule has 0 spiro atoms. The Hall–Kier alpha value is -0.140. The summed E-state index contributed by atoms with van der Waals surface area (Å²) in [6.45, 7) is 0.889. The van der Waals surface area contributed by atoms with Crippen molar-refractivity contribution in [3.05, 3.63) is 27.7 Å². The van der Waals surface area contributed by atoms with Gasteiger partial charge in [-0.25, -0.2) is 8.42 Å². The Balaban J connectivity index is 2.32. The van der Waals surface area contributed by atoms with E-state index in [9.17, 15) is 8.42 Å². The van der Waals surface area contributed by atoms with Gasteiger partial charge in [0.2, 0.25) is 10.0 Å². The van der Waals surface area contributed by atoms with Gasteiger partial charge in [-0.2, -0.15) is 4.31 Å². The zero-order chi connectivity index (χ0) is 13.3. The molecule has 1 aliphatic rings. The number of nitrogens with two attached hydrogens (primary N) is 1. The topological polar surface area (TPSA) is 63.4 Å². The van der Waals surface area contributed by atoms with Gasteiger partial charge in [-0.15, -0.1) is 0 Å². The van der Waals surface area contributed by atoms with Gasteiger partial charge >= 0.3 is 0 Å². The average Bonchev–Trinajstić information content (AvgIpc) is 2.32. The van der Waals surface area contributed by atoms with E-state index in [2.05, 4.69) is 15.9 Å². The number of halogens is 2. The fourth-order valence-electron chi connectivity index (χ4n) is 1.98. The minimum Gasteiger partial charge on any atom is -0.327 e. The molecule has 1 aromatic carbocycles. The standard InChI is InChI=1S/C11H14BrClN2O2S/c12-10-4-3-9(6-11(10)13)18(16,17)15-5-1-2-8(14)7-15/h3-4,6,8H,1-2,5,7,14H2. The van der Waals surface area contributed by atoms with Crippen LogP contribution in [0.3, 0.4) is 0 Å². The van der Waals surface area contributed by atoms with E-state index in [1.807, 2.05) is 0 Å². The first kappa shape index (κ1) is 14.3. The molecule has 0 aromatic heterocycles. The molecular weight excluding hydrogens is 340 g/mol. The van der Waals surface area contributed by atoms with Gasteiger partial charge in [-0.1, -0.05) is 11.6 Å². The van der Waals surface area contributed by atoms with Crippen LogP contribution in [0.1, 0.15) is 12.8 Å².